The van der Waals surface area contributed by atoms with Crippen molar-refractivity contribution < 1.29 is 19.1 Å². The summed E-state index contributed by atoms with van der Waals surface area (Å²) in [7, 11) is 0. The van der Waals surface area contributed by atoms with Crippen LogP contribution in [0.2, 0.25) is 5.02 Å². The van der Waals surface area contributed by atoms with Gasteiger partial charge < -0.3 is 20.3 Å². The molecule has 2 aromatic carbocycles. The van der Waals surface area contributed by atoms with E-state index < -0.39 is 5.92 Å². The molecule has 0 aromatic heterocycles. The molecule has 1 aliphatic rings. The van der Waals surface area contributed by atoms with Gasteiger partial charge in [-0.05, 0) is 36.4 Å². The van der Waals surface area contributed by atoms with Gasteiger partial charge in [-0.3, -0.25) is 14.4 Å². The number of carbonyl (C=O) groups excluding carboxylic acids is 3. The highest BCUT2D eigenvalue weighted by atomic mass is 35.5. The lowest BCUT2D eigenvalue weighted by Crippen LogP contribution is -2.39. The Hall–Kier alpha value is -3.06. The number of hydrogen-bond donors (Lipinski definition) is 2. The first-order chi connectivity index (χ1) is 14.0. The van der Waals surface area contributed by atoms with E-state index in [1.807, 2.05) is 30.3 Å². The summed E-state index contributed by atoms with van der Waals surface area (Å²) in [6.45, 7) is 0.786. The zero-order chi connectivity index (χ0) is 20.6. The van der Waals surface area contributed by atoms with Crippen LogP contribution in [-0.2, 0) is 14.4 Å². The average Bonchev–Trinajstić information content (AvgIpc) is 3.13. The van der Waals surface area contributed by atoms with Crippen LogP contribution in [0.5, 0.6) is 5.75 Å². The molecule has 2 aromatic rings. The molecular formula is C21H22ClN3O4. The molecule has 1 saturated heterocycles. The standard InChI is InChI=1S/C21H22ClN3O4/c22-16-6-8-18(9-7-16)29-14-19(26)23-10-11-24-21(28)15-12-20(27)25(13-15)17-4-2-1-3-5-17/h1-9,15H,10-14H2,(H,23,26)(H,24,28)/t15-/m1/s1. The average molecular weight is 416 g/mol. The number of carbonyl (C=O) groups is 3. The van der Waals surface area contributed by atoms with Gasteiger partial charge in [0.15, 0.2) is 6.61 Å². The number of para-hydroxylation sites is 1. The number of nitrogens with zero attached hydrogens (tertiary/aromatic N) is 1. The molecule has 152 valence electrons. The van der Waals surface area contributed by atoms with Crippen molar-refractivity contribution in [3.05, 3.63) is 59.6 Å². The molecule has 1 fully saturated rings. The number of anilines is 1. The summed E-state index contributed by atoms with van der Waals surface area (Å²) >= 11 is 5.79. The van der Waals surface area contributed by atoms with Crippen LogP contribution in [0.15, 0.2) is 54.6 Å². The molecule has 1 aliphatic heterocycles. The molecule has 0 radical (unpaired) electrons. The predicted molar refractivity (Wildman–Crippen MR) is 110 cm³/mol. The van der Waals surface area contributed by atoms with Crippen LogP contribution in [0, 0.1) is 5.92 Å². The molecule has 0 bridgehead atoms. The molecule has 1 heterocycles. The third kappa shape index (κ3) is 5.96. The van der Waals surface area contributed by atoms with Gasteiger partial charge in [0.25, 0.3) is 5.91 Å². The Morgan fingerprint density at radius 2 is 1.72 bits per heavy atom. The minimum atomic E-state index is -0.397. The van der Waals surface area contributed by atoms with Gasteiger partial charge in [0.05, 0.1) is 5.92 Å². The van der Waals surface area contributed by atoms with Gasteiger partial charge in [0.2, 0.25) is 11.8 Å². The van der Waals surface area contributed by atoms with E-state index in [1.165, 1.54) is 0 Å². The highest BCUT2D eigenvalue weighted by molar-refractivity contribution is 6.30. The van der Waals surface area contributed by atoms with Crippen molar-refractivity contribution in [3.63, 3.8) is 0 Å². The topological polar surface area (TPSA) is 87.7 Å². The highest BCUT2D eigenvalue weighted by Crippen LogP contribution is 2.24. The van der Waals surface area contributed by atoms with Crippen molar-refractivity contribution in [3.8, 4) is 5.75 Å². The molecule has 29 heavy (non-hydrogen) atoms. The van der Waals surface area contributed by atoms with Gasteiger partial charge in [0, 0.05) is 36.8 Å². The molecule has 3 rings (SSSR count). The van der Waals surface area contributed by atoms with Crippen molar-refractivity contribution >= 4 is 35.0 Å². The van der Waals surface area contributed by atoms with Crippen LogP contribution in [0.4, 0.5) is 5.69 Å². The molecule has 0 unspecified atom stereocenters. The summed E-state index contributed by atoms with van der Waals surface area (Å²) < 4.78 is 5.35. The predicted octanol–water partition coefficient (Wildman–Crippen LogP) is 2.00. The van der Waals surface area contributed by atoms with Gasteiger partial charge in [-0.1, -0.05) is 29.8 Å². The number of amides is 3. The lowest BCUT2D eigenvalue weighted by atomic mass is 10.1. The normalized spacial score (nSPS) is 15.8. The fourth-order valence-electron chi connectivity index (χ4n) is 3.00. The second kappa shape index (κ2) is 9.93. The Morgan fingerprint density at radius 3 is 2.45 bits per heavy atom. The summed E-state index contributed by atoms with van der Waals surface area (Å²) in [5, 5.41) is 6.03. The summed E-state index contributed by atoms with van der Waals surface area (Å²) in [6.07, 6.45) is 0.183. The minimum Gasteiger partial charge on any atom is -0.484 e. The van der Waals surface area contributed by atoms with Crippen molar-refractivity contribution in [1.29, 1.82) is 0 Å². The Balaban J connectivity index is 1.34. The van der Waals surface area contributed by atoms with Crippen molar-refractivity contribution in [2.24, 2.45) is 5.92 Å². The zero-order valence-corrected chi connectivity index (χ0v) is 16.5. The maximum Gasteiger partial charge on any atom is 0.258 e. The molecule has 0 aliphatic carbocycles. The number of ether oxygens (including phenoxy) is 1. The third-order valence-electron chi connectivity index (χ3n) is 4.49. The van der Waals surface area contributed by atoms with E-state index in [4.69, 9.17) is 16.3 Å². The minimum absolute atomic E-state index is 0.0657. The SMILES string of the molecule is O=C(COc1ccc(Cl)cc1)NCCNC(=O)[C@@H]1CC(=O)N(c2ccccc2)C1. The summed E-state index contributed by atoms with van der Waals surface area (Å²) in [5.74, 6) is -0.397. The van der Waals surface area contributed by atoms with E-state index in [1.54, 1.807) is 29.2 Å². The third-order valence-corrected chi connectivity index (χ3v) is 4.75. The van der Waals surface area contributed by atoms with Crippen LogP contribution in [0.25, 0.3) is 0 Å². The maximum atomic E-state index is 12.3. The monoisotopic (exact) mass is 415 g/mol. The molecule has 2 N–H and O–H groups in total. The molecule has 1 atom stereocenters. The summed E-state index contributed by atoms with van der Waals surface area (Å²) in [5.41, 5.74) is 0.792. The van der Waals surface area contributed by atoms with Gasteiger partial charge >= 0.3 is 0 Å². The van der Waals surface area contributed by atoms with Gasteiger partial charge in [-0.2, -0.15) is 0 Å². The van der Waals surface area contributed by atoms with Crippen LogP contribution in [0.3, 0.4) is 0 Å². The van der Waals surface area contributed by atoms with E-state index in [-0.39, 0.29) is 43.8 Å². The number of rotatable bonds is 8. The van der Waals surface area contributed by atoms with E-state index in [0.29, 0.717) is 17.3 Å². The smallest absolute Gasteiger partial charge is 0.258 e. The number of halogens is 1. The van der Waals surface area contributed by atoms with E-state index in [0.717, 1.165) is 5.69 Å². The lowest BCUT2D eigenvalue weighted by Gasteiger charge is -2.16. The number of nitrogens with one attached hydrogen (secondary N) is 2. The highest BCUT2D eigenvalue weighted by Gasteiger charge is 2.34. The Morgan fingerprint density at radius 1 is 1.03 bits per heavy atom. The molecule has 0 spiro atoms. The van der Waals surface area contributed by atoms with Crippen molar-refractivity contribution in [2.45, 2.75) is 6.42 Å². The van der Waals surface area contributed by atoms with Gasteiger partial charge in [0.1, 0.15) is 5.75 Å². The summed E-state index contributed by atoms with van der Waals surface area (Å²) in [4.78, 5) is 37.9. The van der Waals surface area contributed by atoms with Crippen LogP contribution in [0.1, 0.15) is 6.42 Å². The van der Waals surface area contributed by atoms with E-state index in [9.17, 15) is 14.4 Å². The fraction of sp³-hybridized carbons (Fsp3) is 0.286. The summed E-state index contributed by atoms with van der Waals surface area (Å²) in [6, 6.07) is 16.0. The molecule has 7 nitrogen and oxygen atoms in total. The van der Waals surface area contributed by atoms with E-state index in [2.05, 4.69) is 10.6 Å². The van der Waals surface area contributed by atoms with Crippen LogP contribution >= 0.6 is 11.6 Å². The zero-order valence-electron chi connectivity index (χ0n) is 15.8. The van der Waals surface area contributed by atoms with Crippen molar-refractivity contribution in [2.75, 3.05) is 31.1 Å². The first-order valence-electron chi connectivity index (χ1n) is 9.31. The first-order valence-corrected chi connectivity index (χ1v) is 9.69. The molecular weight excluding hydrogens is 394 g/mol. The van der Waals surface area contributed by atoms with Crippen LogP contribution < -0.4 is 20.3 Å². The quantitative estimate of drug-likeness (QED) is 0.645. The second-order valence-corrected chi connectivity index (χ2v) is 7.06. The lowest BCUT2D eigenvalue weighted by molar-refractivity contribution is -0.126. The van der Waals surface area contributed by atoms with Gasteiger partial charge in [-0.15, -0.1) is 0 Å². The second-order valence-electron chi connectivity index (χ2n) is 6.62. The molecule has 3 amide bonds. The Labute approximate surface area is 174 Å². The van der Waals surface area contributed by atoms with Gasteiger partial charge in [-0.25, -0.2) is 0 Å². The first kappa shape index (κ1) is 20.7. The Bertz CT molecular complexity index is 858. The number of benzene rings is 2. The molecule has 8 heteroatoms. The maximum absolute atomic E-state index is 12.3. The van der Waals surface area contributed by atoms with E-state index >= 15 is 0 Å². The van der Waals surface area contributed by atoms with Crippen LogP contribution in [-0.4, -0.2) is 44.0 Å². The Kier molecular flexibility index (Phi) is 7.08. The largest absolute Gasteiger partial charge is 0.484 e. The van der Waals surface area contributed by atoms with Crippen molar-refractivity contribution in [1.82, 2.24) is 10.6 Å². The molecule has 0 saturated carbocycles. The fourth-order valence-corrected chi connectivity index (χ4v) is 3.13. The number of hydrogen-bond acceptors (Lipinski definition) is 4.